The minimum absolute atomic E-state index is 0.150. The number of hydrogen-bond donors (Lipinski definition) is 0. The predicted molar refractivity (Wildman–Crippen MR) is 75.8 cm³/mol. The number of hydrogen-bond acceptors (Lipinski definition) is 5. The van der Waals surface area contributed by atoms with Gasteiger partial charge >= 0.3 is 6.03 Å². The van der Waals surface area contributed by atoms with Crippen molar-refractivity contribution in [2.24, 2.45) is 0 Å². The van der Waals surface area contributed by atoms with E-state index in [9.17, 15) is 4.79 Å². The summed E-state index contributed by atoms with van der Waals surface area (Å²) in [7, 11) is 0. The molecule has 2 heterocycles. The summed E-state index contributed by atoms with van der Waals surface area (Å²) in [6.45, 7) is 4.03. The van der Waals surface area contributed by atoms with E-state index in [4.69, 9.17) is 0 Å². The maximum atomic E-state index is 12.5. The van der Waals surface area contributed by atoms with Gasteiger partial charge in [0.2, 0.25) is 0 Å². The van der Waals surface area contributed by atoms with Gasteiger partial charge in [-0.15, -0.1) is 10.2 Å². The average molecular weight is 282 g/mol. The molecule has 7 nitrogen and oxygen atoms in total. The third kappa shape index (κ3) is 2.33. The summed E-state index contributed by atoms with van der Waals surface area (Å²) in [4.78, 5) is 12.5. The molecule has 21 heavy (non-hydrogen) atoms. The van der Waals surface area contributed by atoms with Crippen LogP contribution in [0.4, 0.5) is 4.79 Å². The molecule has 3 aromatic rings. The van der Waals surface area contributed by atoms with Gasteiger partial charge in [0.15, 0.2) is 0 Å². The van der Waals surface area contributed by atoms with E-state index in [0.29, 0.717) is 5.69 Å². The molecule has 0 radical (unpaired) electrons. The standard InChI is InChI=1S/C14H14N6O/c1-10(2)12-13(11-6-4-3-5-7-11)20(18-16-12)14(21)19-9-8-15-17-19/h3-10H,1-2H3. The van der Waals surface area contributed by atoms with Crippen LogP contribution in [0.3, 0.4) is 0 Å². The molecule has 1 aromatic carbocycles. The van der Waals surface area contributed by atoms with Crippen LogP contribution < -0.4 is 0 Å². The van der Waals surface area contributed by atoms with Gasteiger partial charge in [-0.25, -0.2) is 4.79 Å². The van der Waals surface area contributed by atoms with E-state index in [1.807, 2.05) is 44.2 Å². The second kappa shape index (κ2) is 5.28. The maximum absolute atomic E-state index is 12.5. The summed E-state index contributed by atoms with van der Waals surface area (Å²) in [5, 5.41) is 15.5. The molecule has 0 saturated carbocycles. The van der Waals surface area contributed by atoms with Gasteiger partial charge in [0.25, 0.3) is 0 Å². The fraction of sp³-hybridized carbons (Fsp3) is 0.214. The summed E-state index contributed by atoms with van der Waals surface area (Å²) in [6.07, 6.45) is 2.92. The largest absolute Gasteiger partial charge is 0.372 e. The molecule has 2 aromatic heterocycles. The van der Waals surface area contributed by atoms with Crippen molar-refractivity contribution in [3.63, 3.8) is 0 Å². The number of aromatic nitrogens is 6. The fourth-order valence-corrected chi connectivity index (χ4v) is 2.09. The topological polar surface area (TPSA) is 78.5 Å². The fourth-order valence-electron chi connectivity index (χ4n) is 2.09. The molecule has 0 amide bonds. The van der Waals surface area contributed by atoms with Crippen molar-refractivity contribution in [1.82, 2.24) is 30.0 Å². The summed E-state index contributed by atoms with van der Waals surface area (Å²) in [5.74, 6) is 0.150. The van der Waals surface area contributed by atoms with Crippen LogP contribution in [0.1, 0.15) is 25.5 Å². The van der Waals surface area contributed by atoms with Crippen LogP contribution in [0, 0.1) is 0 Å². The molecular formula is C14H14N6O. The molecule has 106 valence electrons. The van der Waals surface area contributed by atoms with Crippen LogP contribution in [0.5, 0.6) is 0 Å². The molecule has 0 saturated heterocycles. The third-order valence-corrected chi connectivity index (χ3v) is 3.09. The Bertz CT molecular complexity index is 745. The predicted octanol–water partition coefficient (Wildman–Crippen LogP) is 2.18. The lowest BCUT2D eigenvalue weighted by molar-refractivity contribution is 0.237. The molecular weight excluding hydrogens is 268 g/mol. The quantitative estimate of drug-likeness (QED) is 0.719. The van der Waals surface area contributed by atoms with Gasteiger partial charge in [-0.3, -0.25) is 0 Å². The minimum atomic E-state index is -0.411. The zero-order chi connectivity index (χ0) is 14.8. The SMILES string of the molecule is CC(C)c1nnn(C(=O)n2ccnn2)c1-c1ccccc1. The number of benzene rings is 1. The Morgan fingerprint density at radius 1 is 1.14 bits per heavy atom. The molecule has 0 fully saturated rings. The van der Waals surface area contributed by atoms with Crippen LogP contribution in [0.25, 0.3) is 11.3 Å². The molecule has 0 spiro atoms. The van der Waals surface area contributed by atoms with Gasteiger partial charge in [-0.1, -0.05) is 54.6 Å². The second-order valence-electron chi connectivity index (χ2n) is 4.89. The molecule has 3 rings (SSSR count). The lowest BCUT2D eigenvalue weighted by Gasteiger charge is -2.08. The highest BCUT2D eigenvalue weighted by Crippen LogP contribution is 2.27. The Morgan fingerprint density at radius 2 is 1.90 bits per heavy atom. The van der Waals surface area contributed by atoms with E-state index < -0.39 is 6.03 Å². The molecule has 0 bridgehead atoms. The van der Waals surface area contributed by atoms with Gasteiger partial charge < -0.3 is 0 Å². The Balaban J connectivity index is 2.16. The van der Waals surface area contributed by atoms with Gasteiger partial charge in [0.05, 0.1) is 18.1 Å². The van der Waals surface area contributed by atoms with Crippen molar-refractivity contribution in [3.8, 4) is 11.3 Å². The van der Waals surface area contributed by atoms with Crippen molar-refractivity contribution < 1.29 is 4.79 Å². The highest BCUT2D eigenvalue weighted by atomic mass is 16.2. The van der Waals surface area contributed by atoms with E-state index in [0.717, 1.165) is 15.9 Å². The van der Waals surface area contributed by atoms with Crippen LogP contribution in [-0.2, 0) is 0 Å². The monoisotopic (exact) mass is 282 g/mol. The summed E-state index contributed by atoms with van der Waals surface area (Å²) in [6, 6.07) is 9.19. The summed E-state index contributed by atoms with van der Waals surface area (Å²) < 4.78 is 2.39. The summed E-state index contributed by atoms with van der Waals surface area (Å²) >= 11 is 0. The van der Waals surface area contributed by atoms with E-state index >= 15 is 0 Å². The third-order valence-electron chi connectivity index (χ3n) is 3.09. The first-order valence-corrected chi connectivity index (χ1v) is 6.60. The van der Waals surface area contributed by atoms with Gasteiger partial charge in [-0.05, 0) is 5.92 Å². The molecule has 7 heteroatoms. The Kier molecular flexibility index (Phi) is 3.31. The van der Waals surface area contributed by atoms with Crippen LogP contribution in [0.2, 0.25) is 0 Å². The highest BCUT2D eigenvalue weighted by Gasteiger charge is 2.22. The molecule has 0 atom stereocenters. The summed E-state index contributed by atoms with van der Waals surface area (Å²) in [5.41, 5.74) is 2.35. The van der Waals surface area contributed by atoms with Crippen LogP contribution >= 0.6 is 0 Å². The first kappa shape index (κ1) is 13.2. The number of carbonyl (C=O) groups excluding carboxylic acids is 1. The lowest BCUT2D eigenvalue weighted by Crippen LogP contribution is -2.22. The maximum Gasteiger partial charge on any atom is 0.372 e. The van der Waals surface area contributed by atoms with Crippen LogP contribution in [0.15, 0.2) is 42.7 Å². The van der Waals surface area contributed by atoms with Crippen LogP contribution in [-0.4, -0.2) is 36.0 Å². The number of carbonyl (C=O) groups is 1. The molecule has 0 aliphatic carbocycles. The lowest BCUT2D eigenvalue weighted by atomic mass is 10.0. The number of rotatable bonds is 2. The normalized spacial score (nSPS) is 11.0. The first-order valence-electron chi connectivity index (χ1n) is 6.60. The average Bonchev–Trinajstić information content (AvgIpc) is 3.17. The van der Waals surface area contributed by atoms with E-state index in [1.165, 1.54) is 17.1 Å². The Hall–Kier alpha value is -2.83. The van der Waals surface area contributed by atoms with Crippen molar-refractivity contribution in [1.29, 1.82) is 0 Å². The minimum Gasteiger partial charge on any atom is -0.243 e. The van der Waals surface area contributed by atoms with Crippen molar-refractivity contribution >= 4 is 6.03 Å². The zero-order valence-electron chi connectivity index (χ0n) is 11.7. The second-order valence-corrected chi connectivity index (χ2v) is 4.89. The molecule has 0 aliphatic heterocycles. The zero-order valence-corrected chi connectivity index (χ0v) is 11.7. The van der Waals surface area contributed by atoms with Gasteiger partial charge in [-0.2, -0.15) is 9.36 Å². The first-order chi connectivity index (χ1) is 10.2. The van der Waals surface area contributed by atoms with Gasteiger partial charge in [0, 0.05) is 5.56 Å². The van der Waals surface area contributed by atoms with E-state index in [2.05, 4.69) is 20.6 Å². The molecule has 0 unspecified atom stereocenters. The number of nitrogens with zero attached hydrogens (tertiary/aromatic N) is 6. The molecule has 0 aliphatic rings. The molecule has 0 N–H and O–H groups in total. The van der Waals surface area contributed by atoms with E-state index in [1.54, 1.807) is 0 Å². The van der Waals surface area contributed by atoms with Crippen molar-refractivity contribution in [2.45, 2.75) is 19.8 Å². The van der Waals surface area contributed by atoms with Gasteiger partial charge in [0.1, 0.15) is 5.69 Å². The Labute approximate surface area is 121 Å². The van der Waals surface area contributed by atoms with E-state index in [-0.39, 0.29) is 5.92 Å². The Morgan fingerprint density at radius 3 is 2.52 bits per heavy atom. The highest BCUT2D eigenvalue weighted by molar-refractivity contribution is 5.83. The van der Waals surface area contributed by atoms with Crippen molar-refractivity contribution in [2.75, 3.05) is 0 Å². The van der Waals surface area contributed by atoms with Crippen molar-refractivity contribution in [3.05, 3.63) is 48.4 Å². The smallest absolute Gasteiger partial charge is 0.243 e.